The van der Waals surface area contributed by atoms with Gasteiger partial charge in [-0.05, 0) is 37.5 Å². The molecule has 0 unspecified atom stereocenters. The molecule has 1 aliphatic heterocycles. The topological polar surface area (TPSA) is 41.6 Å². The highest BCUT2D eigenvalue weighted by Gasteiger charge is 2.16. The minimum absolute atomic E-state index is 0.0366. The molecular formula is C14H19ClN2O2. The molecule has 1 aromatic carbocycles. The number of hydrogen-bond acceptors (Lipinski definition) is 3. The smallest absolute Gasteiger partial charge is 0.239 e. The molecule has 1 aromatic rings. The van der Waals surface area contributed by atoms with Crippen molar-refractivity contribution in [3.05, 3.63) is 18.2 Å². The van der Waals surface area contributed by atoms with Gasteiger partial charge in [-0.25, -0.2) is 0 Å². The highest BCUT2D eigenvalue weighted by Crippen LogP contribution is 2.33. The number of benzene rings is 1. The molecule has 0 saturated carbocycles. The SMILES string of the molecule is COc1ccc(NC(=O)CCl)cc1N1CCCCC1. The van der Waals surface area contributed by atoms with Crippen molar-refractivity contribution in [3.8, 4) is 5.75 Å². The van der Waals surface area contributed by atoms with Crippen LogP contribution in [0, 0.1) is 0 Å². The van der Waals surface area contributed by atoms with Crippen LogP contribution < -0.4 is 15.0 Å². The van der Waals surface area contributed by atoms with Gasteiger partial charge >= 0.3 is 0 Å². The average Bonchev–Trinajstić information content (AvgIpc) is 2.48. The lowest BCUT2D eigenvalue weighted by molar-refractivity contribution is -0.113. The molecule has 104 valence electrons. The first kappa shape index (κ1) is 14.0. The van der Waals surface area contributed by atoms with Crippen molar-refractivity contribution >= 4 is 28.9 Å². The molecule has 19 heavy (non-hydrogen) atoms. The van der Waals surface area contributed by atoms with Crippen LogP contribution in [0.4, 0.5) is 11.4 Å². The fraction of sp³-hybridized carbons (Fsp3) is 0.500. The maximum Gasteiger partial charge on any atom is 0.239 e. The lowest BCUT2D eigenvalue weighted by Gasteiger charge is -2.30. The summed E-state index contributed by atoms with van der Waals surface area (Å²) in [4.78, 5) is 13.6. The highest BCUT2D eigenvalue weighted by atomic mass is 35.5. The second kappa shape index (κ2) is 6.66. The molecule has 1 N–H and O–H groups in total. The van der Waals surface area contributed by atoms with E-state index in [1.807, 2.05) is 18.2 Å². The Labute approximate surface area is 118 Å². The number of nitrogens with zero attached hydrogens (tertiary/aromatic N) is 1. The van der Waals surface area contributed by atoms with E-state index in [1.54, 1.807) is 7.11 Å². The van der Waals surface area contributed by atoms with Gasteiger partial charge in [-0.15, -0.1) is 11.6 Å². The first-order chi connectivity index (χ1) is 9.24. The van der Waals surface area contributed by atoms with Gasteiger partial charge in [0, 0.05) is 18.8 Å². The number of halogens is 1. The van der Waals surface area contributed by atoms with Crippen LogP contribution >= 0.6 is 11.6 Å². The second-order valence-electron chi connectivity index (χ2n) is 4.62. The number of hydrogen-bond donors (Lipinski definition) is 1. The average molecular weight is 283 g/mol. The van der Waals surface area contributed by atoms with Gasteiger partial charge in [0.15, 0.2) is 0 Å². The van der Waals surface area contributed by atoms with E-state index < -0.39 is 0 Å². The molecule has 0 bridgehead atoms. The predicted octanol–water partition coefficient (Wildman–Crippen LogP) is 2.86. The number of nitrogens with one attached hydrogen (secondary N) is 1. The summed E-state index contributed by atoms with van der Waals surface area (Å²) >= 11 is 5.50. The zero-order valence-electron chi connectivity index (χ0n) is 11.1. The summed E-state index contributed by atoms with van der Waals surface area (Å²) in [6.45, 7) is 2.06. The molecular weight excluding hydrogens is 264 g/mol. The molecule has 2 rings (SSSR count). The molecule has 5 heteroatoms. The molecule has 1 saturated heterocycles. The van der Waals surface area contributed by atoms with Gasteiger partial charge in [0.05, 0.1) is 12.8 Å². The molecule has 0 atom stereocenters. The van der Waals surface area contributed by atoms with Crippen molar-refractivity contribution in [2.75, 3.05) is 36.3 Å². The molecule has 1 fully saturated rings. The number of piperidine rings is 1. The standard InChI is InChI=1S/C14H19ClN2O2/c1-19-13-6-5-11(16-14(18)10-15)9-12(13)17-7-3-2-4-8-17/h5-6,9H,2-4,7-8,10H2,1H3,(H,16,18). The predicted molar refractivity (Wildman–Crippen MR) is 78.4 cm³/mol. The largest absolute Gasteiger partial charge is 0.495 e. The molecule has 1 heterocycles. The van der Waals surface area contributed by atoms with Crippen LogP contribution in [-0.2, 0) is 4.79 Å². The number of carbonyl (C=O) groups is 1. The van der Waals surface area contributed by atoms with E-state index in [9.17, 15) is 4.79 Å². The summed E-state index contributed by atoms with van der Waals surface area (Å²) in [6.07, 6.45) is 3.67. The van der Waals surface area contributed by atoms with Crippen molar-refractivity contribution in [2.45, 2.75) is 19.3 Å². The van der Waals surface area contributed by atoms with Crippen molar-refractivity contribution in [1.29, 1.82) is 0 Å². The van der Waals surface area contributed by atoms with Crippen molar-refractivity contribution in [1.82, 2.24) is 0 Å². The summed E-state index contributed by atoms with van der Waals surface area (Å²) in [5.41, 5.74) is 1.79. The fourth-order valence-corrected chi connectivity index (χ4v) is 2.41. The normalized spacial score (nSPS) is 15.2. The third-order valence-electron chi connectivity index (χ3n) is 3.28. The molecule has 0 aromatic heterocycles. The van der Waals surface area contributed by atoms with Crippen LogP contribution in [0.5, 0.6) is 5.75 Å². The number of alkyl halides is 1. The fourth-order valence-electron chi connectivity index (χ4n) is 2.34. The van der Waals surface area contributed by atoms with Gasteiger partial charge in [-0.1, -0.05) is 0 Å². The van der Waals surface area contributed by atoms with Gasteiger partial charge in [0.25, 0.3) is 0 Å². The van der Waals surface area contributed by atoms with Gasteiger partial charge in [-0.2, -0.15) is 0 Å². The van der Waals surface area contributed by atoms with E-state index >= 15 is 0 Å². The summed E-state index contributed by atoms with van der Waals surface area (Å²) in [5, 5.41) is 2.77. The zero-order chi connectivity index (χ0) is 13.7. The van der Waals surface area contributed by atoms with Crippen molar-refractivity contribution in [2.24, 2.45) is 0 Å². The van der Waals surface area contributed by atoms with Crippen LogP contribution in [0.15, 0.2) is 18.2 Å². The Bertz CT molecular complexity index is 445. The van der Waals surface area contributed by atoms with E-state index in [4.69, 9.17) is 16.3 Å². The molecule has 4 nitrogen and oxygen atoms in total. The number of rotatable bonds is 4. The highest BCUT2D eigenvalue weighted by molar-refractivity contribution is 6.29. The first-order valence-electron chi connectivity index (χ1n) is 6.53. The van der Waals surface area contributed by atoms with Crippen LogP contribution in [0.2, 0.25) is 0 Å². The van der Waals surface area contributed by atoms with Gasteiger partial charge in [-0.3, -0.25) is 4.79 Å². The number of ether oxygens (including phenoxy) is 1. The summed E-state index contributed by atoms with van der Waals surface area (Å²) in [6, 6.07) is 5.67. The lowest BCUT2D eigenvalue weighted by Crippen LogP contribution is -2.29. The summed E-state index contributed by atoms with van der Waals surface area (Å²) in [7, 11) is 1.67. The lowest BCUT2D eigenvalue weighted by atomic mass is 10.1. The van der Waals surface area contributed by atoms with Crippen LogP contribution in [-0.4, -0.2) is 32.0 Å². The Balaban J connectivity index is 2.22. The maximum atomic E-state index is 11.3. The second-order valence-corrected chi connectivity index (χ2v) is 4.88. The van der Waals surface area contributed by atoms with Crippen LogP contribution in [0.3, 0.4) is 0 Å². The summed E-state index contributed by atoms with van der Waals surface area (Å²) < 4.78 is 5.40. The van der Waals surface area contributed by atoms with Crippen LogP contribution in [0.1, 0.15) is 19.3 Å². The van der Waals surface area contributed by atoms with E-state index in [0.717, 1.165) is 30.2 Å². The monoisotopic (exact) mass is 282 g/mol. The maximum absolute atomic E-state index is 11.3. The van der Waals surface area contributed by atoms with E-state index in [1.165, 1.54) is 19.3 Å². The Morgan fingerprint density at radius 1 is 1.37 bits per heavy atom. The number of anilines is 2. The molecule has 1 amide bonds. The van der Waals surface area contributed by atoms with Crippen molar-refractivity contribution < 1.29 is 9.53 Å². The molecule has 1 aliphatic rings. The Morgan fingerprint density at radius 2 is 2.11 bits per heavy atom. The third-order valence-corrected chi connectivity index (χ3v) is 3.52. The quantitative estimate of drug-likeness (QED) is 0.864. The number of methoxy groups -OCH3 is 1. The minimum atomic E-state index is -0.198. The molecule has 0 aliphatic carbocycles. The van der Waals surface area contributed by atoms with E-state index in [-0.39, 0.29) is 11.8 Å². The minimum Gasteiger partial charge on any atom is -0.495 e. The first-order valence-corrected chi connectivity index (χ1v) is 7.07. The molecule has 0 radical (unpaired) electrons. The van der Waals surface area contributed by atoms with Gasteiger partial charge in [0.2, 0.25) is 5.91 Å². The van der Waals surface area contributed by atoms with Crippen molar-refractivity contribution in [3.63, 3.8) is 0 Å². The number of carbonyl (C=O) groups excluding carboxylic acids is 1. The Kier molecular flexibility index (Phi) is 4.91. The zero-order valence-corrected chi connectivity index (χ0v) is 11.9. The Morgan fingerprint density at radius 3 is 2.74 bits per heavy atom. The van der Waals surface area contributed by atoms with E-state index in [0.29, 0.717) is 0 Å². The van der Waals surface area contributed by atoms with Crippen LogP contribution in [0.25, 0.3) is 0 Å². The molecule has 0 spiro atoms. The van der Waals surface area contributed by atoms with Gasteiger partial charge in [0.1, 0.15) is 11.6 Å². The summed E-state index contributed by atoms with van der Waals surface area (Å²) in [5.74, 6) is 0.604. The van der Waals surface area contributed by atoms with Gasteiger partial charge < -0.3 is 15.0 Å². The Hall–Kier alpha value is -1.42. The van der Waals surface area contributed by atoms with E-state index in [2.05, 4.69) is 10.2 Å². The number of amides is 1. The third kappa shape index (κ3) is 3.53.